The third-order valence-corrected chi connectivity index (χ3v) is 5.54. The van der Waals surface area contributed by atoms with E-state index < -0.39 is 0 Å². The van der Waals surface area contributed by atoms with Gasteiger partial charge in [0.15, 0.2) is 5.78 Å². The van der Waals surface area contributed by atoms with Crippen molar-refractivity contribution in [2.75, 3.05) is 7.11 Å². The predicted molar refractivity (Wildman–Crippen MR) is 106 cm³/mol. The van der Waals surface area contributed by atoms with Gasteiger partial charge in [0.2, 0.25) is 0 Å². The van der Waals surface area contributed by atoms with Crippen molar-refractivity contribution in [2.45, 2.75) is 20.4 Å². The molecule has 0 atom stereocenters. The topological polar surface area (TPSA) is 44.1 Å². The van der Waals surface area contributed by atoms with Gasteiger partial charge in [0.25, 0.3) is 0 Å². The molecule has 0 aliphatic heterocycles. The Balaban J connectivity index is 1.86. The van der Waals surface area contributed by atoms with Gasteiger partial charge in [-0.2, -0.15) is 5.10 Å². The van der Waals surface area contributed by atoms with Crippen LogP contribution < -0.4 is 4.74 Å². The summed E-state index contributed by atoms with van der Waals surface area (Å²) in [5, 5.41) is 7.05. The van der Waals surface area contributed by atoms with Gasteiger partial charge in [-0.05, 0) is 49.1 Å². The molecule has 0 saturated heterocycles. The van der Waals surface area contributed by atoms with Gasteiger partial charge in [0.1, 0.15) is 5.75 Å². The first-order chi connectivity index (χ1) is 12.5. The number of nitrogens with zero attached hydrogens (tertiary/aromatic N) is 2. The minimum absolute atomic E-state index is 0.00250. The van der Waals surface area contributed by atoms with Crippen LogP contribution >= 0.6 is 22.9 Å². The van der Waals surface area contributed by atoms with Crippen molar-refractivity contribution in [3.8, 4) is 5.75 Å². The zero-order chi connectivity index (χ0) is 18.7. The van der Waals surface area contributed by atoms with Crippen molar-refractivity contribution in [3.05, 3.63) is 74.2 Å². The highest BCUT2D eigenvalue weighted by Gasteiger charge is 2.12. The smallest absolute Gasteiger partial charge is 0.195 e. The first-order valence-electron chi connectivity index (χ1n) is 8.12. The van der Waals surface area contributed by atoms with Crippen LogP contribution in [-0.4, -0.2) is 22.7 Å². The van der Waals surface area contributed by atoms with Gasteiger partial charge < -0.3 is 4.74 Å². The fourth-order valence-corrected chi connectivity index (χ4v) is 3.47. The van der Waals surface area contributed by atoms with Gasteiger partial charge in [0, 0.05) is 5.56 Å². The van der Waals surface area contributed by atoms with Crippen LogP contribution in [0.5, 0.6) is 5.75 Å². The molecule has 0 amide bonds. The largest absolute Gasteiger partial charge is 0.496 e. The molecule has 2 aromatic heterocycles. The Hall–Kier alpha value is -2.37. The quantitative estimate of drug-likeness (QED) is 0.433. The van der Waals surface area contributed by atoms with E-state index in [1.807, 2.05) is 60.3 Å². The van der Waals surface area contributed by atoms with Gasteiger partial charge >= 0.3 is 0 Å². The number of carbonyl (C=O) groups is 1. The molecule has 0 aliphatic carbocycles. The summed E-state index contributed by atoms with van der Waals surface area (Å²) < 4.78 is 7.33. The number of allylic oxidation sites excluding steroid dienone is 1. The van der Waals surface area contributed by atoms with Gasteiger partial charge in [-0.1, -0.05) is 29.8 Å². The number of methoxy groups -OCH3 is 1. The number of hydrogen-bond acceptors (Lipinski definition) is 4. The number of ether oxygens (including phenoxy) is 1. The molecule has 0 unspecified atom stereocenters. The maximum absolute atomic E-state index is 12.1. The molecule has 6 heteroatoms. The number of hydrogen-bond donors (Lipinski definition) is 0. The molecule has 2 heterocycles. The summed E-state index contributed by atoms with van der Waals surface area (Å²) in [4.78, 5) is 12.9. The van der Waals surface area contributed by atoms with Crippen LogP contribution in [-0.2, 0) is 6.54 Å². The lowest BCUT2D eigenvalue weighted by atomic mass is 10.1. The Morgan fingerprint density at radius 3 is 2.77 bits per heavy atom. The molecule has 0 spiro atoms. The van der Waals surface area contributed by atoms with Crippen LogP contribution in [0.2, 0.25) is 5.02 Å². The van der Waals surface area contributed by atoms with E-state index in [-0.39, 0.29) is 5.78 Å². The Morgan fingerprint density at radius 1 is 1.35 bits per heavy atom. The van der Waals surface area contributed by atoms with Crippen LogP contribution in [0.25, 0.3) is 6.08 Å². The Kier molecular flexibility index (Phi) is 5.59. The molecule has 0 bridgehead atoms. The van der Waals surface area contributed by atoms with Gasteiger partial charge in [0.05, 0.1) is 34.9 Å². The van der Waals surface area contributed by atoms with Crippen LogP contribution in [0.15, 0.2) is 41.8 Å². The Morgan fingerprint density at radius 2 is 2.15 bits per heavy atom. The molecule has 0 fully saturated rings. The number of rotatable bonds is 6. The Labute approximate surface area is 161 Å². The highest BCUT2D eigenvalue weighted by Crippen LogP contribution is 2.25. The van der Waals surface area contributed by atoms with Crippen molar-refractivity contribution in [2.24, 2.45) is 0 Å². The van der Waals surface area contributed by atoms with Gasteiger partial charge in [-0.25, -0.2) is 0 Å². The zero-order valence-corrected chi connectivity index (χ0v) is 16.4. The maximum atomic E-state index is 12.1. The third kappa shape index (κ3) is 3.89. The molecule has 3 rings (SSSR count). The number of benzene rings is 1. The summed E-state index contributed by atoms with van der Waals surface area (Å²) in [6, 6.07) is 9.52. The number of aryl methyl sites for hydroxylation is 1. The van der Waals surface area contributed by atoms with Crippen LogP contribution in [0.1, 0.15) is 32.2 Å². The summed E-state index contributed by atoms with van der Waals surface area (Å²) >= 11 is 7.68. The van der Waals surface area contributed by atoms with E-state index in [1.54, 1.807) is 13.2 Å². The number of thiophene rings is 1. The van der Waals surface area contributed by atoms with Crippen molar-refractivity contribution in [1.82, 2.24) is 9.78 Å². The first kappa shape index (κ1) is 18.4. The standard InChI is InChI=1S/C20H19ClN2O2S/c1-13-20(21)14(2)23(22-13)12-16-11-15(7-9-18(16)25-3)6-8-17(24)19-5-4-10-26-19/h4-11H,12H2,1-3H3/b8-6+. The minimum Gasteiger partial charge on any atom is -0.496 e. The van der Waals surface area contributed by atoms with E-state index in [0.29, 0.717) is 11.6 Å². The molecule has 134 valence electrons. The average Bonchev–Trinajstić information content (AvgIpc) is 3.26. The van der Waals surface area contributed by atoms with Gasteiger partial charge in [-0.3, -0.25) is 9.48 Å². The average molecular weight is 387 g/mol. The minimum atomic E-state index is 0.00250. The summed E-state index contributed by atoms with van der Waals surface area (Å²) in [5.74, 6) is 0.776. The van der Waals surface area contributed by atoms with E-state index >= 15 is 0 Å². The second-order valence-corrected chi connectivity index (χ2v) is 7.21. The number of halogens is 1. The monoisotopic (exact) mass is 386 g/mol. The highest BCUT2D eigenvalue weighted by atomic mass is 35.5. The van der Waals surface area contributed by atoms with Crippen LogP contribution in [0, 0.1) is 13.8 Å². The fraction of sp³-hybridized carbons (Fsp3) is 0.200. The summed E-state index contributed by atoms with van der Waals surface area (Å²) in [6.07, 6.45) is 3.41. The highest BCUT2D eigenvalue weighted by molar-refractivity contribution is 7.12. The third-order valence-electron chi connectivity index (χ3n) is 4.11. The fourth-order valence-electron chi connectivity index (χ4n) is 2.69. The summed E-state index contributed by atoms with van der Waals surface area (Å²) in [5.41, 5.74) is 3.62. The first-order valence-corrected chi connectivity index (χ1v) is 9.37. The van der Waals surface area contributed by atoms with E-state index in [4.69, 9.17) is 16.3 Å². The van der Waals surface area contributed by atoms with Crippen LogP contribution in [0.3, 0.4) is 0 Å². The molecule has 4 nitrogen and oxygen atoms in total. The molecule has 3 aromatic rings. The summed E-state index contributed by atoms with van der Waals surface area (Å²) in [6.45, 7) is 4.37. The Bertz CT molecular complexity index is 959. The number of carbonyl (C=O) groups excluding carboxylic acids is 1. The van der Waals surface area contributed by atoms with E-state index in [2.05, 4.69) is 5.10 Å². The molecule has 0 saturated carbocycles. The molecule has 0 radical (unpaired) electrons. The molecule has 1 aromatic carbocycles. The molecular formula is C20H19ClN2O2S. The van der Waals surface area contributed by atoms with Crippen molar-refractivity contribution in [3.63, 3.8) is 0 Å². The SMILES string of the molecule is COc1ccc(/C=C/C(=O)c2cccs2)cc1Cn1nc(C)c(Cl)c1C. The maximum Gasteiger partial charge on any atom is 0.195 e. The number of aromatic nitrogens is 2. The van der Waals surface area contributed by atoms with Crippen LogP contribution in [0.4, 0.5) is 0 Å². The van der Waals surface area contributed by atoms with Crippen molar-refractivity contribution in [1.29, 1.82) is 0 Å². The molecule has 0 N–H and O–H groups in total. The second-order valence-electron chi connectivity index (χ2n) is 5.89. The lowest BCUT2D eigenvalue weighted by Gasteiger charge is -2.11. The molecule has 26 heavy (non-hydrogen) atoms. The normalized spacial score (nSPS) is 11.2. The lowest BCUT2D eigenvalue weighted by Crippen LogP contribution is -2.06. The van der Waals surface area contributed by atoms with E-state index in [0.717, 1.165) is 33.1 Å². The molecule has 0 aliphatic rings. The lowest BCUT2D eigenvalue weighted by molar-refractivity contribution is 0.105. The second kappa shape index (κ2) is 7.89. The van der Waals surface area contributed by atoms with E-state index in [1.165, 1.54) is 11.3 Å². The summed E-state index contributed by atoms with van der Waals surface area (Å²) in [7, 11) is 1.64. The van der Waals surface area contributed by atoms with Crippen molar-refractivity contribution < 1.29 is 9.53 Å². The predicted octanol–water partition coefficient (Wildman–Crippen LogP) is 5.17. The van der Waals surface area contributed by atoms with E-state index in [9.17, 15) is 4.79 Å². The zero-order valence-electron chi connectivity index (χ0n) is 14.8. The van der Waals surface area contributed by atoms with Gasteiger partial charge in [-0.15, -0.1) is 11.3 Å². The number of ketones is 1. The molecular weight excluding hydrogens is 368 g/mol. The van der Waals surface area contributed by atoms with Crippen molar-refractivity contribution >= 4 is 34.8 Å².